The number of rotatable bonds is 3. The molecule has 1 saturated heterocycles. The highest BCUT2D eigenvalue weighted by Gasteiger charge is 2.64. The molecule has 2 heterocycles. The molecule has 0 radical (unpaired) electrons. The maximum atomic E-state index is 11.5. The first kappa shape index (κ1) is 17.2. The highest BCUT2D eigenvalue weighted by molar-refractivity contribution is 6.29. The maximum absolute atomic E-state index is 11.5. The summed E-state index contributed by atoms with van der Waals surface area (Å²) in [5, 5.41) is 0.327. The fourth-order valence-corrected chi connectivity index (χ4v) is 3.58. The van der Waals surface area contributed by atoms with Crippen LogP contribution in [0, 0.1) is 11.3 Å². The van der Waals surface area contributed by atoms with Gasteiger partial charge in [-0.1, -0.05) is 32.4 Å². The number of amides is 1. The molecule has 24 heavy (non-hydrogen) atoms. The molecule has 2 N–H and O–H groups in total. The van der Waals surface area contributed by atoms with Gasteiger partial charge in [-0.25, -0.2) is 14.8 Å². The fraction of sp³-hybridized carbons (Fsp3) is 0.688. The van der Waals surface area contributed by atoms with Crippen molar-refractivity contribution in [1.82, 2.24) is 9.97 Å². The molecular formula is C16H23ClN4O3. The molecule has 8 heteroatoms. The Morgan fingerprint density at radius 3 is 2.62 bits per heavy atom. The summed E-state index contributed by atoms with van der Waals surface area (Å²) in [4.78, 5) is 22.5. The van der Waals surface area contributed by atoms with Gasteiger partial charge in [0.1, 0.15) is 5.15 Å². The van der Waals surface area contributed by atoms with Crippen molar-refractivity contribution in [3.8, 4) is 0 Å². The molecule has 0 spiro atoms. The number of carbonyl (C=O) groups is 1. The third-order valence-electron chi connectivity index (χ3n) is 4.65. The maximum Gasteiger partial charge on any atom is 0.405 e. The van der Waals surface area contributed by atoms with Crippen LogP contribution in [0.5, 0.6) is 0 Å². The minimum atomic E-state index is -0.822. The number of halogens is 1. The summed E-state index contributed by atoms with van der Waals surface area (Å²) in [7, 11) is 0. The monoisotopic (exact) mass is 354 g/mol. The molecule has 0 aromatic carbocycles. The molecule has 7 nitrogen and oxygen atoms in total. The molecule has 2 aliphatic rings. The topological polar surface area (TPSA) is 90.6 Å². The molecule has 2 unspecified atom stereocenters. The second kappa shape index (κ2) is 6.04. The number of nitrogens with zero attached hydrogens (tertiary/aromatic N) is 3. The number of aromatic nitrogens is 2. The van der Waals surface area contributed by atoms with Crippen LogP contribution in [-0.4, -0.2) is 42.4 Å². The molecule has 0 bridgehead atoms. The van der Waals surface area contributed by atoms with Crippen molar-refractivity contribution in [2.24, 2.45) is 17.1 Å². The van der Waals surface area contributed by atoms with Gasteiger partial charge >= 0.3 is 6.09 Å². The van der Waals surface area contributed by atoms with Gasteiger partial charge in [-0.2, -0.15) is 0 Å². The Bertz CT molecular complexity index is 643. The van der Waals surface area contributed by atoms with E-state index in [1.54, 1.807) is 6.07 Å². The van der Waals surface area contributed by atoms with Crippen LogP contribution in [0.25, 0.3) is 0 Å². The van der Waals surface area contributed by atoms with Gasteiger partial charge in [0.2, 0.25) is 5.95 Å². The van der Waals surface area contributed by atoms with Gasteiger partial charge in [0, 0.05) is 31.5 Å². The lowest BCUT2D eigenvalue weighted by molar-refractivity contribution is 0.0591. The minimum absolute atomic E-state index is 0.0496. The smallest absolute Gasteiger partial charge is 0.405 e. The molecule has 2 fully saturated rings. The van der Waals surface area contributed by atoms with E-state index < -0.39 is 11.7 Å². The highest BCUT2D eigenvalue weighted by Crippen LogP contribution is 2.62. The third kappa shape index (κ3) is 3.28. The zero-order chi connectivity index (χ0) is 17.5. The number of hydrogen-bond acceptors (Lipinski definition) is 6. The van der Waals surface area contributed by atoms with Crippen molar-refractivity contribution in [2.45, 2.75) is 32.8 Å². The average Bonchev–Trinajstić information content (AvgIpc) is 3.23. The summed E-state index contributed by atoms with van der Waals surface area (Å²) < 4.78 is 10.9. The molecular weight excluding hydrogens is 332 g/mol. The zero-order valence-corrected chi connectivity index (χ0v) is 15.0. The van der Waals surface area contributed by atoms with Gasteiger partial charge in [0.05, 0.1) is 18.9 Å². The number of anilines is 1. The van der Waals surface area contributed by atoms with Crippen molar-refractivity contribution in [1.29, 1.82) is 0 Å². The van der Waals surface area contributed by atoms with E-state index in [1.165, 1.54) is 0 Å². The van der Waals surface area contributed by atoms with Crippen molar-refractivity contribution in [2.75, 3.05) is 31.2 Å². The van der Waals surface area contributed by atoms with Gasteiger partial charge in [0.15, 0.2) is 5.60 Å². The van der Waals surface area contributed by atoms with E-state index in [0.29, 0.717) is 49.5 Å². The Balaban J connectivity index is 1.97. The predicted octanol–water partition coefficient (Wildman–Crippen LogP) is 2.32. The Morgan fingerprint density at radius 1 is 1.42 bits per heavy atom. The van der Waals surface area contributed by atoms with Crippen LogP contribution in [0.2, 0.25) is 5.15 Å². The number of carbonyl (C=O) groups excluding carboxylic acids is 1. The van der Waals surface area contributed by atoms with E-state index in [4.69, 9.17) is 26.8 Å². The number of ether oxygens (including phenoxy) is 2. The van der Waals surface area contributed by atoms with Crippen LogP contribution < -0.4 is 10.6 Å². The quantitative estimate of drug-likeness (QED) is 0.838. The van der Waals surface area contributed by atoms with E-state index in [0.717, 1.165) is 0 Å². The van der Waals surface area contributed by atoms with Crippen molar-refractivity contribution < 1.29 is 14.3 Å². The molecule has 1 saturated carbocycles. The lowest BCUT2D eigenvalue weighted by Crippen LogP contribution is -2.38. The second-order valence-corrected chi connectivity index (χ2v) is 7.80. The summed E-state index contributed by atoms with van der Waals surface area (Å²) in [6.45, 7) is 8.97. The molecule has 1 aromatic heterocycles. The Kier molecular flexibility index (Phi) is 4.34. The van der Waals surface area contributed by atoms with Crippen LogP contribution in [0.4, 0.5) is 10.7 Å². The van der Waals surface area contributed by atoms with Gasteiger partial charge in [-0.15, -0.1) is 0 Å². The van der Waals surface area contributed by atoms with Crippen molar-refractivity contribution in [3.63, 3.8) is 0 Å². The zero-order valence-electron chi connectivity index (χ0n) is 14.2. The fourth-order valence-electron chi connectivity index (χ4n) is 3.40. The van der Waals surface area contributed by atoms with Gasteiger partial charge in [0.25, 0.3) is 0 Å². The van der Waals surface area contributed by atoms with Gasteiger partial charge in [-0.3, -0.25) is 0 Å². The third-order valence-corrected chi connectivity index (χ3v) is 4.84. The molecule has 1 aliphatic heterocycles. The van der Waals surface area contributed by atoms with Crippen LogP contribution in [0.15, 0.2) is 6.07 Å². The molecule has 1 amide bonds. The Hall–Kier alpha value is -1.60. The molecule has 132 valence electrons. The standard InChI is InChI=1S/C16H23ClN4O3/c1-15(2,3)10-9-16(10,24-13(18)22)11-8-12(17)20-14(19-11)21-4-6-23-7-5-21/h8,10H,4-7,9H2,1-3H3,(H2,18,22). The number of nitrogens with two attached hydrogens (primary N) is 1. The van der Waals surface area contributed by atoms with Gasteiger partial charge in [-0.05, 0) is 5.41 Å². The molecule has 2 atom stereocenters. The van der Waals surface area contributed by atoms with Crippen LogP contribution in [0.3, 0.4) is 0 Å². The number of hydrogen-bond donors (Lipinski definition) is 1. The predicted molar refractivity (Wildman–Crippen MR) is 90.0 cm³/mol. The first-order valence-corrected chi connectivity index (χ1v) is 8.46. The van der Waals surface area contributed by atoms with E-state index >= 15 is 0 Å². The summed E-state index contributed by atoms with van der Waals surface area (Å²) in [5.74, 6) is 0.661. The normalized spacial score (nSPS) is 27.0. The lowest BCUT2D eigenvalue weighted by atomic mass is 9.87. The first-order valence-electron chi connectivity index (χ1n) is 8.08. The van der Waals surface area contributed by atoms with Crippen LogP contribution >= 0.6 is 11.6 Å². The number of morpholine rings is 1. The molecule has 1 aliphatic carbocycles. The first-order chi connectivity index (χ1) is 11.2. The van der Waals surface area contributed by atoms with E-state index in [-0.39, 0.29) is 11.3 Å². The summed E-state index contributed by atoms with van der Waals surface area (Å²) in [5.41, 5.74) is 5.06. The summed E-state index contributed by atoms with van der Waals surface area (Å²) >= 11 is 6.22. The highest BCUT2D eigenvalue weighted by atomic mass is 35.5. The second-order valence-electron chi connectivity index (χ2n) is 7.41. The van der Waals surface area contributed by atoms with Crippen LogP contribution in [-0.2, 0) is 15.1 Å². The van der Waals surface area contributed by atoms with Crippen molar-refractivity contribution in [3.05, 3.63) is 16.9 Å². The summed E-state index contributed by atoms with van der Waals surface area (Å²) in [6.07, 6.45) is -0.126. The van der Waals surface area contributed by atoms with Gasteiger partial charge < -0.3 is 20.1 Å². The average molecular weight is 355 g/mol. The molecule has 3 rings (SSSR count). The SMILES string of the molecule is CC(C)(C)C1CC1(OC(N)=O)c1cc(Cl)nc(N2CCOCC2)n1. The number of primary amides is 1. The van der Waals surface area contributed by atoms with Crippen LogP contribution in [0.1, 0.15) is 32.9 Å². The van der Waals surface area contributed by atoms with E-state index in [2.05, 4.69) is 30.7 Å². The Labute approximate surface area is 146 Å². The van der Waals surface area contributed by atoms with E-state index in [9.17, 15) is 4.79 Å². The Morgan fingerprint density at radius 2 is 2.08 bits per heavy atom. The van der Waals surface area contributed by atoms with E-state index in [1.807, 2.05) is 4.90 Å². The lowest BCUT2D eigenvalue weighted by Gasteiger charge is -2.28. The van der Waals surface area contributed by atoms with Crippen molar-refractivity contribution >= 4 is 23.6 Å². The molecule has 1 aromatic rings. The largest absolute Gasteiger partial charge is 0.436 e. The summed E-state index contributed by atoms with van der Waals surface area (Å²) in [6, 6.07) is 1.67. The minimum Gasteiger partial charge on any atom is -0.436 e.